The molecule has 0 aromatic heterocycles. The molecule has 0 aliphatic rings. The molecule has 0 fully saturated rings. The minimum Gasteiger partial charge on any atom is -0.396 e. The van der Waals surface area contributed by atoms with Gasteiger partial charge in [0, 0.05) is 12.6 Å². The second-order valence-electron chi connectivity index (χ2n) is 2.43. The van der Waals surface area contributed by atoms with E-state index in [0.717, 1.165) is 0 Å². The Morgan fingerprint density at radius 1 is 1.64 bits per heavy atom. The van der Waals surface area contributed by atoms with Crippen LogP contribution in [-0.2, 0) is 10.2 Å². The van der Waals surface area contributed by atoms with E-state index in [2.05, 4.69) is 4.72 Å². The molecule has 4 N–H and O–H groups in total. The smallest absolute Gasteiger partial charge is 0.274 e. The van der Waals surface area contributed by atoms with Gasteiger partial charge in [-0.2, -0.15) is 13.1 Å². The van der Waals surface area contributed by atoms with Gasteiger partial charge in [-0.3, -0.25) is 0 Å². The second kappa shape index (κ2) is 4.66. The fourth-order valence-corrected chi connectivity index (χ4v) is 1.42. The Morgan fingerprint density at radius 3 is 2.55 bits per heavy atom. The van der Waals surface area contributed by atoms with Crippen LogP contribution in [0.4, 0.5) is 0 Å². The third-order valence-corrected chi connectivity index (χ3v) is 1.89. The van der Waals surface area contributed by atoms with Crippen molar-refractivity contribution < 1.29 is 13.5 Å². The molecule has 0 spiro atoms. The number of aliphatic hydroxyl groups is 1. The van der Waals surface area contributed by atoms with Crippen LogP contribution in [0.25, 0.3) is 0 Å². The van der Waals surface area contributed by atoms with E-state index >= 15 is 0 Å². The monoisotopic (exact) mass is 182 g/mol. The molecule has 0 amide bonds. The standard InChI is InChI=1S/C5H14N2O3S/c1-5(3-2-4-8)7-11(6,9)10/h5,7-8H,2-4H2,1H3,(H2,6,9,10). The van der Waals surface area contributed by atoms with E-state index in [1.54, 1.807) is 6.92 Å². The highest BCUT2D eigenvalue weighted by atomic mass is 32.2. The van der Waals surface area contributed by atoms with Crippen molar-refractivity contribution in [2.24, 2.45) is 5.14 Å². The Bertz CT molecular complexity index is 190. The van der Waals surface area contributed by atoms with Crippen LogP contribution in [0.1, 0.15) is 19.8 Å². The van der Waals surface area contributed by atoms with Gasteiger partial charge >= 0.3 is 0 Å². The quantitative estimate of drug-likeness (QED) is 0.506. The van der Waals surface area contributed by atoms with Gasteiger partial charge in [-0.25, -0.2) is 5.14 Å². The van der Waals surface area contributed by atoms with E-state index in [1.807, 2.05) is 0 Å². The topological polar surface area (TPSA) is 92.4 Å². The van der Waals surface area contributed by atoms with Crippen molar-refractivity contribution in [3.63, 3.8) is 0 Å². The van der Waals surface area contributed by atoms with Crippen molar-refractivity contribution in [3.05, 3.63) is 0 Å². The average molecular weight is 182 g/mol. The molecule has 1 unspecified atom stereocenters. The normalized spacial score (nSPS) is 14.8. The first kappa shape index (κ1) is 10.8. The minimum absolute atomic E-state index is 0.0661. The van der Waals surface area contributed by atoms with Gasteiger partial charge in [-0.1, -0.05) is 0 Å². The number of nitrogens with two attached hydrogens (primary N) is 1. The van der Waals surface area contributed by atoms with Crippen molar-refractivity contribution in [2.45, 2.75) is 25.8 Å². The summed E-state index contributed by atoms with van der Waals surface area (Å²) in [5, 5.41) is 13.1. The zero-order chi connectivity index (χ0) is 8.91. The minimum atomic E-state index is -3.59. The second-order valence-corrected chi connectivity index (χ2v) is 3.76. The summed E-state index contributed by atoms with van der Waals surface area (Å²) in [5.41, 5.74) is 0. The van der Waals surface area contributed by atoms with Crippen LogP contribution in [0, 0.1) is 0 Å². The number of nitrogens with one attached hydrogen (secondary N) is 1. The van der Waals surface area contributed by atoms with Gasteiger partial charge < -0.3 is 5.11 Å². The first-order valence-corrected chi connectivity index (χ1v) is 4.91. The zero-order valence-electron chi connectivity index (χ0n) is 6.45. The molecule has 0 heterocycles. The van der Waals surface area contributed by atoms with E-state index in [1.165, 1.54) is 0 Å². The summed E-state index contributed by atoms with van der Waals surface area (Å²) < 4.78 is 23.0. The van der Waals surface area contributed by atoms with Crippen molar-refractivity contribution in [2.75, 3.05) is 6.61 Å². The summed E-state index contributed by atoms with van der Waals surface area (Å²) >= 11 is 0. The maximum absolute atomic E-state index is 10.4. The van der Waals surface area contributed by atoms with Gasteiger partial charge in [0.25, 0.3) is 10.2 Å². The molecule has 6 heteroatoms. The molecule has 68 valence electrons. The average Bonchev–Trinajstić information content (AvgIpc) is 1.79. The van der Waals surface area contributed by atoms with E-state index in [-0.39, 0.29) is 12.6 Å². The predicted octanol–water partition coefficient (Wildman–Crippen LogP) is -1.06. The van der Waals surface area contributed by atoms with Crippen LogP contribution in [0.5, 0.6) is 0 Å². The highest BCUT2D eigenvalue weighted by molar-refractivity contribution is 7.87. The molecule has 0 aromatic rings. The van der Waals surface area contributed by atoms with Gasteiger partial charge in [-0.05, 0) is 19.8 Å². The Hall–Kier alpha value is -0.170. The molecule has 0 saturated carbocycles. The zero-order valence-corrected chi connectivity index (χ0v) is 7.26. The van der Waals surface area contributed by atoms with Crippen molar-refractivity contribution in [1.29, 1.82) is 0 Å². The summed E-state index contributed by atoms with van der Waals surface area (Å²) in [5.74, 6) is 0. The van der Waals surface area contributed by atoms with Gasteiger partial charge in [0.05, 0.1) is 0 Å². The number of rotatable bonds is 5. The van der Waals surface area contributed by atoms with E-state index in [9.17, 15) is 8.42 Å². The van der Waals surface area contributed by atoms with Crippen molar-refractivity contribution >= 4 is 10.2 Å². The molecule has 0 aliphatic carbocycles. The highest BCUT2D eigenvalue weighted by Gasteiger charge is 2.07. The lowest BCUT2D eigenvalue weighted by atomic mass is 10.2. The molecule has 0 aliphatic heterocycles. The van der Waals surface area contributed by atoms with E-state index in [0.29, 0.717) is 12.8 Å². The molecule has 0 rings (SSSR count). The molecule has 0 radical (unpaired) electrons. The van der Waals surface area contributed by atoms with Gasteiger partial charge in [0.2, 0.25) is 0 Å². The Labute approximate surface area is 66.8 Å². The lowest BCUT2D eigenvalue weighted by Gasteiger charge is -2.09. The maximum atomic E-state index is 10.4. The third-order valence-electron chi connectivity index (χ3n) is 1.16. The number of hydrogen-bond donors (Lipinski definition) is 3. The van der Waals surface area contributed by atoms with Crippen LogP contribution in [0.3, 0.4) is 0 Å². The first-order chi connectivity index (χ1) is 4.95. The summed E-state index contributed by atoms with van der Waals surface area (Å²) in [6.45, 7) is 1.76. The SMILES string of the molecule is CC(CCCO)NS(N)(=O)=O. The van der Waals surface area contributed by atoms with Crippen LogP contribution < -0.4 is 9.86 Å². The van der Waals surface area contributed by atoms with Crippen LogP contribution >= 0.6 is 0 Å². The molecular formula is C5H14N2O3S. The molecule has 1 atom stereocenters. The van der Waals surface area contributed by atoms with Crippen LogP contribution in [-0.4, -0.2) is 26.2 Å². The van der Waals surface area contributed by atoms with Crippen LogP contribution in [0.15, 0.2) is 0 Å². The van der Waals surface area contributed by atoms with Crippen molar-refractivity contribution in [3.8, 4) is 0 Å². The lowest BCUT2D eigenvalue weighted by molar-refractivity contribution is 0.279. The fourth-order valence-electron chi connectivity index (χ4n) is 0.737. The van der Waals surface area contributed by atoms with Crippen molar-refractivity contribution in [1.82, 2.24) is 4.72 Å². The lowest BCUT2D eigenvalue weighted by Crippen LogP contribution is -2.37. The molecule has 5 nitrogen and oxygen atoms in total. The maximum Gasteiger partial charge on any atom is 0.274 e. The third kappa shape index (κ3) is 7.73. The summed E-state index contributed by atoms with van der Waals surface area (Å²) in [6, 6.07) is -0.211. The Balaban J connectivity index is 3.61. The van der Waals surface area contributed by atoms with Gasteiger partial charge in [0.1, 0.15) is 0 Å². The Kier molecular flexibility index (Phi) is 4.58. The van der Waals surface area contributed by atoms with Gasteiger partial charge in [0.15, 0.2) is 0 Å². The Morgan fingerprint density at radius 2 is 2.18 bits per heavy atom. The molecule has 0 aromatic carbocycles. The highest BCUT2D eigenvalue weighted by Crippen LogP contribution is 1.95. The summed E-state index contributed by atoms with van der Waals surface area (Å²) in [6.07, 6.45) is 1.16. The molecule has 0 saturated heterocycles. The predicted molar refractivity (Wildman–Crippen MR) is 42.0 cm³/mol. The molecular weight excluding hydrogens is 168 g/mol. The summed E-state index contributed by atoms with van der Waals surface area (Å²) in [7, 11) is -3.59. The fraction of sp³-hybridized carbons (Fsp3) is 1.00. The molecule has 0 bridgehead atoms. The van der Waals surface area contributed by atoms with E-state index < -0.39 is 10.2 Å². The van der Waals surface area contributed by atoms with Crippen LogP contribution in [0.2, 0.25) is 0 Å². The molecule has 11 heavy (non-hydrogen) atoms. The van der Waals surface area contributed by atoms with Gasteiger partial charge in [-0.15, -0.1) is 0 Å². The summed E-state index contributed by atoms with van der Waals surface area (Å²) in [4.78, 5) is 0. The number of aliphatic hydroxyl groups excluding tert-OH is 1. The first-order valence-electron chi connectivity index (χ1n) is 3.36. The largest absolute Gasteiger partial charge is 0.396 e. The van der Waals surface area contributed by atoms with E-state index in [4.69, 9.17) is 10.2 Å². The number of hydrogen-bond acceptors (Lipinski definition) is 3.